The van der Waals surface area contributed by atoms with Gasteiger partial charge < -0.3 is 10.6 Å². The van der Waals surface area contributed by atoms with E-state index in [0.717, 1.165) is 12.0 Å². The number of nitrogens with one attached hydrogen (secondary N) is 2. The fourth-order valence-corrected chi connectivity index (χ4v) is 2.28. The number of hydrogen-bond acceptors (Lipinski definition) is 1. The Morgan fingerprint density at radius 3 is 2.00 bits per heavy atom. The minimum Gasteiger partial charge on any atom is -0.334 e. The molecule has 2 amide bonds. The molecule has 0 unspecified atom stereocenters. The summed E-state index contributed by atoms with van der Waals surface area (Å²) in [6.07, 6.45) is 0.798. The highest BCUT2D eigenvalue weighted by atomic mass is 16.2. The van der Waals surface area contributed by atoms with Crippen LogP contribution in [0.2, 0.25) is 0 Å². The average molecular weight is 282 g/mol. The number of urea groups is 1. The summed E-state index contributed by atoms with van der Waals surface area (Å²) in [5.74, 6) is 0. The highest BCUT2D eigenvalue weighted by molar-refractivity contribution is 5.74. The molecule has 2 N–H and O–H groups in total. The summed E-state index contributed by atoms with van der Waals surface area (Å²) < 4.78 is 0. The number of benzene rings is 2. The molecule has 0 saturated carbocycles. The van der Waals surface area contributed by atoms with E-state index in [1.807, 2.05) is 62.4 Å². The second kappa shape index (κ2) is 6.93. The number of carbonyl (C=O) groups excluding carboxylic acids is 1. The standard InChI is InChI=1S/C18H22N2O/c1-18(2,13-15-9-5-3-6-10-15)20-17(21)19-14-16-11-7-4-8-12-16/h3-12H,13-14H2,1-2H3,(H2,19,20,21). The van der Waals surface area contributed by atoms with Crippen LogP contribution in [0.5, 0.6) is 0 Å². The predicted octanol–water partition coefficient (Wildman–Crippen LogP) is 3.51. The molecule has 0 radical (unpaired) electrons. The van der Waals surface area contributed by atoms with Crippen molar-refractivity contribution in [1.29, 1.82) is 0 Å². The SMILES string of the molecule is CC(C)(Cc1ccccc1)NC(=O)NCc1ccccc1. The van der Waals surface area contributed by atoms with Gasteiger partial charge in [0.25, 0.3) is 0 Å². The van der Waals surface area contributed by atoms with E-state index >= 15 is 0 Å². The molecule has 0 saturated heterocycles. The lowest BCUT2D eigenvalue weighted by molar-refractivity contribution is 0.229. The molecule has 0 aliphatic heterocycles. The second-order valence-electron chi connectivity index (χ2n) is 5.84. The summed E-state index contributed by atoms with van der Waals surface area (Å²) in [6.45, 7) is 4.60. The molecule has 0 atom stereocenters. The summed E-state index contributed by atoms with van der Waals surface area (Å²) in [7, 11) is 0. The lowest BCUT2D eigenvalue weighted by Gasteiger charge is -2.26. The number of rotatable bonds is 5. The number of amides is 2. The van der Waals surface area contributed by atoms with Crippen molar-refractivity contribution in [1.82, 2.24) is 10.6 Å². The molecule has 0 aliphatic rings. The summed E-state index contributed by atoms with van der Waals surface area (Å²) in [5.41, 5.74) is 2.02. The van der Waals surface area contributed by atoms with E-state index < -0.39 is 0 Å². The number of hydrogen-bond donors (Lipinski definition) is 2. The molecule has 2 aromatic carbocycles. The third-order valence-electron chi connectivity index (χ3n) is 3.24. The van der Waals surface area contributed by atoms with Crippen LogP contribution in [0.1, 0.15) is 25.0 Å². The van der Waals surface area contributed by atoms with E-state index in [9.17, 15) is 4.79 Å². The van der Waals surface area contributed by atoms with Crippen molar-refractivity contribution in [3.63, 3.8) is 0 Å². The monoisotopic (exact) mass is 282 g/mol. The Balaban J connectivity index is 1.83. The normalized spacial score (nSPS) is 11.0. The molecule has 110 valence electrons. The van der Waals surface area contributed by atoms with Crippen LogP contribution in [-0.2, 0) is 13.0 Å². The maximum atomic E-state index is 12.0. The molecule has 3 nitrogen and oxygen atoms in total. The van der Waals surface area contributed by atoms with Gasteiger partial charge in [0.1, 0.15) is 0 Å². The van der Waals surface area contributed by atoms with Gasteiger partial charge >= 0.3 is 6.03 Å². The Labute approximate surface area is 126 Å². The van der Waals surface area contributed by atoms with Crippen molar-refractivity contribution in [3.8, 4) is 0 Å². The molecule has 0 aliphatic carbocycles. The number of carbonyl (C=O) groups is 1. The first-order chi connectivity index (χ1) is 10.1. The minimum absolute atomic E-state index is 0.139. The first kappa shape index (κ1) is 15.1. The van der Waals surface area contributed by atoms with Crippen LogP contribution in [0.4, 0.5) is 4.79 Å². The van der Waals surface area contributed by atoms with Gasteiger partial charge in [-0.1, -0.05) is 60.7 Å². The van der Waals surface area contributed by atoms with E-state index in [1.165, 1.54) is 5.56 Å². The molecule has 0 bridgehead atoms. The van der Waals surface area contributed by atoms with Crippen molar-refractivity contribution in [3.05, 3.63) is 71.8 Å². The van der Waals surface area contributed by atoms with Crippen LogP contribution in [-0.4, -0.2) is 11.6 Å². The van der Waals surface area contributed by atoms with Crippen LogP contribution in [0, 0.1) is 0 Å². The van der Waals surface area contributed by atoms with Crippen LogP contribution < -0.4 is 10.6 Å². The second-order valence-corrected chi connectivity index (χ2v) is 5.84. The Kier molecular flexibility index (Phi) is 4.99. The van der Waals surface area contributed by atoms with Gasteiger partial charge in [0, 0.05) is 12.1 Å². The molecule has 0 spiro atoms. The molecule has 3 heteroatoms. The molecular weight excluding hydrogens is 260 g/mol. The largest absolute Gasteiger partial charge is 0.334 e. The van der Waals surface area contributed by atoms with E-state index in [1.54, 1.807) is 0 Å². The van der Waals surface area contributed by atoms with Gasteiger partial charge in [-0.2, -0.15) is 0 Å². The smallest absolute Gasteiger partial charge is 0.315 e. The summed E-state index contributed by atoms with van der Waals surface area (Å²) >= 11 is 0. The van der Waals surface area contributed by atoms with Crippen LogP contribution in [0.25, 0.3) is 0 Å². The van der Waals surface area contributed by atoms with Crippen molar-refractivity contribution in [2.45, 2.75) is 32.4 Å². The highest BCUT2D eigenvalue weighted by Crippen LogP contribution is 2.12. The fourth-order valence-electron chi connectivity index (χ4n) is 2.28. The zero-order valence-electron chi connectivity index (χ0n) is 12.6. The first-order valence-electron chi connectivity index (χ1n) is 7.19. The zero-order chi connectivity index (χ0) is 15.1. The molecular formula is C18H22N2O. The van der Waals surface area contributed by atoms with Crippen molar-refractivity contribution in [2.24, 2.45) is 0 Å². The Hall–Kier alpha value is -2.29. The average Bonchev–Trinajstić information content (AvgIpc) is 2.46. The highest BCUT2D eigenvalue weighted by Gasteiger charge is 2.20. The summed E-state index contributed by atoms with van der Waals surface area (Å²) in [4.78, 5) is 12.0. The van der Waals surface area contributed by atoms with Crippen molar-refractivity contribution >= 4 is 6.03 Å². The first-order valence-corrected chi connectivity index (χ1v) is 7.19. The van der Waals surface area contributed by atoms with E-state index in [-0.39, 0.29) is 11.6 Å². The molecule has 0 aromatic heterocycles. The van der Waals surface area contributed by atoms with Gasteiger partial charge in [0.05, 0.1) is 0 Å². The van der Waals surface area contributed by atoms with Gasteiger partial charge in [-0.25, -0.2) is 4.79 Å². The molecule has 2 rings (SSSR count). The quantitative estimate of drug-likeness (QED) is 0.865. The van der Waals surface area contributed by atoms with Gasteiger partial charge in [-0.05, 0) is 31.4 Å². The van der Waals surface area contributed by atoms with Gasteiger partial charge in [0.15, 0.2) is 0 Å². The Morgan fingerprint density at radius 1 is 0.905 bits per heavy atom. The Morgan fingerprint density at radius 2 is 1.43 bits per heavy atom. The van der Waals surface area contributed by atoms with Crippen LogP contribution >= 0.6 is 0 Å². The van der Waals surface area contributed by atoms with Crippen molar-refractivity contribution in [2.75, 3.05) is 0 Å². The third-order valence-corrected chi connectivity index (χ3v) is 3.24. The molecule has 0 heterocycles. The van der Waals surface area contributed by atoms with E-state index in [0.29, 0.717) is 6.54 Å². The van der Waals surface area contributed by atoms with E-state index in [2.05, 4.69) is 22.8 Å². The fraction of sp³-hybridized carbons (Fsp3) is 0.278. The maximum absolute atomic E-state index is 12.0. The molecule has 21 heavy (non-hydrogen) atoms. The maximum Gasteiger partial charge on any atom is 0.315 e. The van der Waals surface area contributed by atoms with Crippen molar-refractivity contribution < 1.29 is 4.79 Å². The predicted molar refractivity (Wildman–Crippen MR) is 86.0 cm³/mol. The van der Waals surface area contributed by atoms with Gasteiger partial charge in [-0.3, -0.25) is 0 Å². The van der Waals surface area contributed by atoms with E-state index in [4.69, 9.17) is 0 Å². The van der Waals surface area contributed by atoms with Gasteiger partial charge in [0.2, 0.25) is 0 Å². The lowest BCUT2D eigenvalue weighted by Crippen LogP contribution is -2.49. The lowest BCUT2D eigenvalue weighted by atomic mass is 9.95. The Bertz CT molecular complexity index is 564. The third kappa shape index (κ3) is 5.30. The topological polar surface area (TPSA) is 41.1 Å². The molecule has 2 aromatic rings. The van der Waals surface area contributed by atoms with Crippen LogP contribution in [0.3, 0.4) is 0 Å². The van der Waals surface area contributed by atoms with Crippen LogP contribution in [0.15, 0.2) is 60.7 Å². The summed E-state index contributed by atoms with van der Waals surface area (Å²) in [5, 5.41) is 5.92. The van der Waals surface area contributed by atoms with Gasteiger partial charge in [-0.15, -0.1) is 0 Å². The minimum atomic E-state index is -0.290. The zero-order valence-corrected chi connectivity index (χ0v) is 12.6. The molecule has 0 fully saturated rings. The summed E-state index contributed by atoms with van der Waals surface area (Å²) in [6, 6.07) is 19.9.